The summed E-state index contributed by atoms with van der Waals surface area (Å²) in [6.07, 6.45) is 5.64. The largest absolute Gasteiger partial charge is 0.302 e. The maximum absolute atomic E-state index is 12.7. The van der Waals surface area contributed by atoms with Crippen LogP contribution in [0.15, 0.2) is 24.1 Å². The highest BCUT2D eigenvalue weighted by molar-refractivity contribution is 9.09. The van der Waals surface area contributed by atoms with E-state index >= 15 is 0 Å². The number of carbonyl (C=O) groups excluding carboxylic acids is 1. The van der Waals surface area contributed by atoms with Gasteiger partial charge in [-0.25, -0.2) is 4.39 Å². The molecule has 0 heterocycles. The molecule has 1 atom stereocenters. The molecule has 1 nitrogen and oxygen atoms in total. The predicted octanol–water partition coefficient (Wildman–Crippen LogP) is 2.38. The van der Waals surface area contributed by atoms with Crippen molar-refractivity contribution in [3.63, 3.8) is 0 Å². The van der Waals surface area contributed by atoms with Gasteiger partial charge in [0.05, 0.1) is 5.41 Å². The van der Waals surface area contributed by atoms with Crippen LogP contribution < -0.4 is 0 Å². The second-order valence-corrected chi connectivity index (χ2v) is 3.19. The van der Waals surface area contributed by atoms with Gasteiger partial charge in [0.1, 0.15) is 12.1 Å². The minimum atomic E-state index is -0.654. The lowest BCUT2D eigenvalue weighted by Crippen LogP contribution is -2.23. The smallest absolute Gasteiger partial charge is 0.131 e. The van der Waals surface area contributed by atoms with Crippen molar-refractivity contribution in [2.75, 3.05) is 5.33 Å². The van der Waals surface area contributed by atoms with E-state index < -0.39 is 5.41 Å². The number of aldehydes is 1. The molecule has 1 aliphatic carbocycles. The first kappa shape index (κ1) is 8.65. The molecule has 0 bridgehead atoms. The van der Waals surface area contributed by atoms with Crippen LogP contribution in [0.4, 0.5) is 4.39 Å². The summed E-state index contributed by atoms with van der Waals surface area (Å²) in [4.78, 5) is 10.6. The molecule has 0 aromatic rings. The summed E-state index contributed by atoms with van der Waals surface area (Å²) >= 11 is 3.18. The minimum Gasteiger partial charge on any atom is -0.302 e. The third-order valence-corrected chi connectivity index (χ3v) is 2.73. The lowest BCUT2D eigenvalue weighted by molar-refractivity contribution is -0.113. The Balaban J connectivity index is 2.83. The standard InChI is InChI=1S/C8H8BrFO/c9-5-8(6-11)3-1-2-7(10)4-8/h1-3,6H,4-5H2. The number of alkyl halides is 1. The number of hydrogen-bond donors (Lipinski definition) is 0. The molecule has 0 N–H and O–H groups in total. The molecule has 0 saturated carbocycles. The van der Waals surface area contributed by atoms with E-state index in [9.17, 15) is 9.18 Å². The minimum absolute atomic E-state index is 0.179. The molecule has 1 rings (SSSR count). The fourth-order valence-electron chi connectivity index (χ4n) is 0.981. The van der Waals surface area contributed by atoms with Crippen molar-refractivity contribution in [3.8, 4) is 0 Å². The van der Waals surface area contributed by atoms with Crippen LogP contribution in [0.3, 0.4) is 0 Å². The molecule has 0 amide bonds. The average Bonchev–Trinajstić information content (AvgIpc) is 2.04. The molecule has 1 aliphatic rings. The zero-order chi connectivity index (χ0) is 8.32. The van der Waals surface area contributed by atoms with E-state index in [4.69, 9.17) is 0 Å². The predicted molar refractivity (Wildman–Crippen MR) is 45.2 cm³/mol. The number of hydrogen-bond acceptors (Lipinski definition) is 1. The summed E-state index contributed by atoms with van der Waals surface area (Å²) in [6.45, 7) is 0. The van der Waals surface area contributed by atoms with Gasteiger partial charge in [-0.3, -0.25) is 0 Å². The monoisotopic (exact) mass is 218 g/mol. The summed E-state index contributed by atoms with van der Waals surface area (Å²) in [6, 6.07) is 0. The highest BCUT2D eigenvalue weighted by atomic mass is 79.9. The summed E-state index contributed by atoms with van der Waals surface area (Å²) in [7, 11) is 0. The number of halogens is 2. The molecular formula is C8H8BrFO. The highest BCUT2D eigenvalue weighted by Gasteiger charge is 2.28. The molecule has 11 heavy (non-hydrogen) atoms. The van der Waals surface area contributed by atoms with Gasteiger partial charge in [0.15, 0.2) is 0 Å². The van der Waals surface area contributed by atoms with Gasteiger partial charge >= 0.3 is 0 Å². The Hall–Kier alpha value is -0.440. The molecule has 60 valence electrons. The van der Waals surface area contributed by atoms with Crippen LogP contribution in [0.5, 0.6) is 0 Å². The van der Waals surface area contributed by atoms with Crippen molar-refractivity contribution < 1.29 is 9.18 Å². The van der Waals surface area contributed by atoms with Crippen LogP contribution >= 0.6 is 15.9 Å². The second-order valence-electron chi connectivity index (χ2n) is 2.63. The molecule has 0 spiro atoms. The zero-order valence-electron chi connectivity index (χ0n) is 5.89. The van der Waals surface area contributed by atoms with Gasteiger partial charge in [-0.15, -0.1) is 0 Å². The lowest BCUT2D eigenvalue weighted by atomic mass is 9.85. The Labute approximate surface area is 73.1 Å². The number of carbonyl (C=O) groups is 1. The Kier molecular flexibility index (Phi) is 2.60. The fourth-order valence-corrected chi connectivity index (χ4v) is 1.50. The van der Waals surface area contributed by atoms with Crippen molar-refractivity contribution in [1.82, 2.24) is 0 Å². The molecule has 1 unspecified atom stereocenters. The van der Waals surface area contributed by atoms with E-state index in [2.05, 4.69) is 15.9 Å². The van der Waals surface area contributed by atoms with E-state index in [0.717, 1.165) is 6.29 Å². The van der Waals surface area contributed by atoms with E-state index in [1.807, 2.05) is 0 Å². The van der Waals surface area contributed by atoms with E-state index in [1.165, 1.54) is 6.08 Å². The first-order valence-electron chi connectivity index (χ1n) is 3.29. The normalized spacial score (nSPS) is 29.8. The Morgan fingerprint density at radius 3 is 2.91 bits per heavy atom. The van der Waals surface area contributed by atoms with Crippen molar-refractivity contribution in [1.29, 1.82) is 0 Å². The van der Waals surface area contributed by atoms with Gasteiger partial charge in [-0.2, -0.15) is 0 Å². The average molecular weight is 219 g/mol. The molecule has 0 radical (unpaired) electrons. The van der Waals surface area contributed by atoms with Gasteiger partial charge in [0.25, 0.3) is 0 Å². The van der Waals surface area contributed by atoms with Crippen LogP contribution in [-0.2, 0) is 4.79 Å². The Morgan fingerprint density at radius 2 is 2.55 bits per heavy atom. The van der Waals surface area contributed by atoms with Crippen molar-refractivity contribution in [2.24, 2.45) is 5.41 Å². The summed E-state index contributed by atoms with van der Waals surface area (Å²) < 4.78 is 12.7. The van der Waals surface area contributed by atoms with Gasteiger partial charge in [-0.1, -0.05) is 28.1 Å². The molecule has 0 saturated heterocycles. The lowest BCUT2D eigenvalue weighted by Gasteiger charge is -2.22. The number of rotatable bonds is 2. The molecular weight excluding hydrogens is 211 g/mol. The SMILES string of the molecule is O=CC1(CBr)C=CC=C(F)C1. The molecule has 3 heteroatoms. The van der Waals surface area contributed by atoms with Crippen molar-refractivity contribution in [2.45, 2.75) is 6.42 Å². The molecule has 0 fully saturated rings. The highest BCUT2D eigenvalue weighted by Crippen LogP contribution is 2.31. The first-order chi connectivity index (χ1) is 5.22. The molecule has 0 aromatic heterocycles. The van der Waals surface area contributed by atoms with E-state index in [-0.39, 0.29) is 12.2 Å². The number of allylic oxidation sites excluding steroid dienone is 4. The van der Waals surface area contributed by atoms with Crippen LogP contribution in [0.1, 0.15) is 6.42 Å². The Morgan fingerprint density at radius 1 is 1.82 bits per heavy atom. The maximum Gasteiger partial charge on any atom is 0.131 e. The third-order valence-electron chi connectivity index (χ3n) is 1.69. The van der Waals surface area contributed by atoms with Gasteiger partial charge in [0.2, 0.25) is 0 Å². The van der Waals surface area contributed by atoms with Crippen LogP contribution in [0.2, 0.25) is 0 Å². The van der Waals surface area contributed by atoms with Gasteiger partial charge in [-0.05, 0) is 6.08 Å². The quantitative estimate of drug-likeness (QED) is 0.514. The third kappa shape index (κ3) is 1.77. The van der Waals surface area contributed by atoms with E-state index in [0.29, 0.717) is 5.33 Å². The van der Waals surface area contributed by atoms with Crippen LogP contribution in [0, 0.1) is 5.41 Å². The first-order valence-corrected chi connectivity index (χ1v) is 4.41. The van der Waals surface area contributed by atoms with Crippen molar-refractivity contribution >= 4 is 22.2 Å². The molecule has 0 aromatic carbocycles. The van der Waals surface area contributed by atoms with Crippen molar-refractivity contribution in [3.05, 3.63) is 24.1 Å². The van der Waals surface area contributed by atoms with Gasteiger partial charge < -0.3 is 4.79 Å². The maximum atomic E-state index is 12.7. The summed E-state index contributed by atoms with van der Waals surface area (Å²) in [5.74, 6) is -0.237. The van der Waals surface area contributed by atoms with Gasteiger partial charge in [0, 0.05) is 11.8 Å². The van der Waals surface area contributed by atoms with E-state index in [1.54, 1.807) is 12.2 Å². The fraction of sp³-hybridized carbons (Fsp3) is 0.375. The van der Waals surface area contributed by atoms with Crippen LogP contribution in [-0.4, -0.2) is 11.6 Å². The topological polar surface area (TPSA) is 17.1 Å². The Bertz CT molecular complexity index is 222. The second kappa shape index (κ2) is 3.30. The zero-order valence-corrected chi connectivity index (χ0v) is 7.47. The summed E-state index contributed by atoms with van der Waals surface area (Å²) in [5.41, 5.74) is -0.654. The van der Waals surface area contributed by atoms with Crippen LogP contribution in [0.25, 0.3) is 0 Å². The molecule has 0 aliphatic heterocycles. The summed E-state index contributed by atoms with van der Waals surface area (Å²) in [5, 5.41) is 0.473.